The van der Waals surface area contributed by atoms with Crippen LogP contribution in [0.1, 0.15) is 32.4 Å². The summed E-state index contributed by atoms with van der Waals surface area (Å²) in [6, 6.07) is 5.33. The zero-order valence-electron chi connectivity index (χ0n) is 12.1. The van der Waals surface area contributed by atoms with Crippen molar-refractivity contribution in [3.8, 4) is 0 Å². The lowest BCUT2D eigenvalue weighted by molar-refractivity contribution is 0.199. The summed E-state index contributed by atoms with van der Waals surface area (Å²) >= 11 is 0. The molecule has 2 atom stereocenters. The summed E-state index contributed by atoms with van der Waals surface area (Å²) in [5.41, 5.74) is 7.96. The standard InChI is InChI=1S/C15H24FN3/c1-4-18-7-8-19(10-11(18)2)15-6-5-13(16)9-14(15)12(3)17/h5-6,9,11-12H,4,7-8,10,17H2,1-3H3. The van der Waals surface area contributed by atoms with E-state index in [2.05, 4.69) is 23.6 Å². The van der Waals surface area contributed by atoms with Crippen LogP contribution in [0.2, 0.25) is 0 Å². The van der Waals surface area contributed by atoms with Crippen LogP contribution < -0.4 is 10.6 Å². The second-order valence-electron chi connectivity index (χ2n) is 5.42. The van der Waals surface area contributed by atoms with Crippen LogP contribution in [0.4, 0.5) is 10.1 Å². The Morgan fingerprint density at radius 2 is 2.16 bits per heavy atom. The highest BCUT2D eigenvalue weighted by Gasteiger charge is 2.24. The van der Waals surface area contributed by atoms with Crippen molar-refractivity contribution in [2.24, 2.45) is 5.73 Å². The van der Waals surface area contributed by atoms with E-state index in [4.69, 9.17) is 5.73 Å². The SMILES string of the molecule is CCN1CCN(c2ccc(F)cc2C(C)N)CC1C. The van der Waals surface area contributed by atoms with E-state index in [9.17, 15) is 4.39 Å². The van der Waals surface area contributed by atoms with Gasteiger partial charge in [-0.25, -0.2) is 4.39 Å². The van der Waals surface area contributed by atoms with E-state index in [-0.39, 0.29) is 11.9 Å². The lowest BCUT2D eigenvalue weighted by Crippen LogP contribution is -2.52. The minimum atomic E-state index is -0.212. The van der Waals surface area contributed by atoms with Gasteiger partial charge in [-0.2, -0.15) is 0 Å². The first-order valence-corrected chi connectivity index (χ1v) is 7.07. The van der Waals surface area contributed by atoms with E-state index < -0.39 is 0 Å². The number of benzene rings is 1. The summed E-state index contributed by atoms with van der Waals surface area (Å²) in [4.78, 5) is 4.79. The summed E-state index contributed by atoms with van der Waals surface area (Å²) in [7, 11) is 0. The van der Waals surface area contributed by atoms with Gasteiger partial charge in [0.05, 0.1) is 0 Å². The number of nitrogens with two attached hydrogens (primary N) is 1. The third kappa shape index (κ3) is 3.07. The molecule has 0 aromatic heterocycles. The van der Waals surface area contributed by atoms with Gasteiger partial charge in [0.15, 0.2) is 0 Å². The van der Waals surface area contributed by atoms with Crippen LogP contribution >= 0.6 is 0 Å². The Morgan fingerprint density at radius 3 is 2.74 bits per heavy atom. The largest absolute Gasteiger partial charge is 0.368 e. The fraction of sp³-hybridized carbons (Fsp3) is 0.600. The minimum absolute atomic E-state index is 0.148. The molecule has 0 spiro atoms. The highest BCUT2D eigenvalue weighted by Crippen LogP contribution is 2.28. The highest BCUT2D eigenvalue weighted by molar-refractivity contribution is 5.55. The molecule has 2 N–H and O–H groups in total. The molecule has 3 nitrogen and oxygen atoms in total. The maximum Gasteiger partial charge on any atom is 0.123 e. The molecule has 1 aromatic carbocycles. The summed E-state index contributed by atoms with van der Waals surface area (Å²) < 4.78 is 13.4. The van der Waals surface area contributed by atoms with Crippen LogP contribution in [0.25, 0.3) is 0 Å². The van der Waals surface area contributed by atoms with Gasteiger partial charge in [0, 0.05) is 37.4 Å². The number of nitrogens with zero attached hydrogens (tertiary/aromatic N) is 2. The maximum atomic E-state index is 13.4. The molecule has 1 heterocycles. The van der Waals surface area contributed by atoms with Crippen molar-refractivity contribution in [2.45, 2.75) is 32.9 Å². The van der Waals surface area contributed by atoms with Crippen molar-refractivity contribution in [3.05, 3.63) is 29.6 Å². The third-order valence-electron chi connectivity index (χ3n) is 3.99. The minimum Gasteiger partial charge on any atom is -0.368 e. The molecule has 0 bridgehead atoms. The zero-order chi connectivity index (χ0) is 14.0. The van der Waals surface area contributed by atoms with Crippen molar-refractivity contribution in [3.63, 3.8) is 0 Å². The predicted octanol–water partition coefficient (Wildman–Crippen LogP) is 2.38. The molecule has 0 amide bonds. The number of anilines is 1. The van der Waals surface area contributed by atoms with Gasteiger partial charge < -0.3 is 10.6 Å². The number of likely N-dealkylation sites (N-methyl/N-ethyl adjacent to an activating group) is 1. The normalized spacial score (nSPS) is 22.6. The molecule has 1 aromatic rings. The molecule has 1 fully saturated rings. The lowest BCUT2D eigenvalue weighted by Gasteiger charge is -2.41. The van der Waals surface area contributed by atoms with E-state index in [1.165, 1.54) is 6.07 Å². The Hall–Kier alpha value is -1.13. The first-order chi connectivity index (χ1) is 9.02. The Kier molecular flexibility index (Phi) is 4.42. The Morgan fingerprint density at radius 1 is 1.42 bits per heavy atom. The maximum absolute atomic E-state index is 13.4. The smallest absolute Gasteiger partial charge is 0.123 e. The topological polar surface area (TPSA) is 32.5 Å². The number of rotatable bonds is 3. The van der Waals surface area contributed by atoms with Crippen molar-refractivity contribution in [2.75, 3.05) is 31.1 Å². The van der Waals surface area contributed by atoms with Crippen LogP contribution in [0.15, 0.2) is 18.2 Å². The molecule has 2 unspecified atom stereocenters. The van der Waals surface area contributed by atoms with E-state index in [1.807, 2.05) is 13.0 Å². The molecule has 0 aliphatic carbocycles. The van der Waals surface area contributed by atoms with Gasteiger partial charge in [-0.05, 0) is 44.2 Å². The van der Waals surface area contributed by atoms with Gasteiger partial charge in [-0.15, -0.1) is 0 Å². The van der Waals surface area contributed by atoms with Gasteiger partial charge in [-0.3, -0.25) is 4.90 Å². The number of halogens is 1. The fourth-order valence-electron chi connectivity index (χ4n) is 2.86. The Bertz CT molecular complexity index is 433. The first kappa shape index (κ1) is 14.3. The summed E-state index contributed by atoms with van der Waals surface area (Å²) in [6.45, 7) is 10.4. The average Bonchev–Trinajstić information content (AvgIpc) is 2.38. The van der Waals surface area contributed by atoms with E-state index in [1.54, 1.807) is 6.07 Å². The highest BCUT2D eigenvalue weighted by atomic mass is 19.1. The van der Waals surface area contributed by atoms with Gasteiger partial charge in [0.2, 0.25) is 0 Å². The number of hydrogen-bond donors (Lipinski definition) is 1. The van der Waals surface area contributed by atoms with E-state index >= 15 is 0 Å². The number of hydrogen-bond acceptors (Lipinski definition) is 3. The second-order valence-corrected chi connectivity index (χ2v) is 5.42. The molecule has 106 valence electrons. The summed E-state index contributed by atoms with van der Waals surface area (Å²) in [6.07, 6.45) is 0. The fourth-order valence-corrected chi connectivity index (χ4v) is 2.86. The Labute approximate surface area is 115 Å². The second kappa shape index (κ2) is 5.88. The van der Waals surface area contributed by atoms with Crippen molar-refractivity contribution in [1.82, 2.24) is 4.90 Å². The quantitative estimate of drug-likeness (QED) is 0.910. The molecule has 1 aliphatic heterocycles. The molecule has 0 radical (unpaired) electrons. The molecule has 2 rings (SSSR count). The van der Waals surface area contributed by atoms with E-state index in [0.29, 0.717) is 6.04 Å². The number of piperazine rings is 1. The van der Waals surface area contributed by atoms with Gasteiger partial charge in [0.1, 0.15) is 5.82 Å². The van der Waals surface area contributed by atoms with Crippen LogP contribution in [-0.2, 0) is 0 Å². The average molecular weight is 265 g/mol. The van der Waals surface area contributed by atoms with E-state index in [0.717, 1.165) is 37.4 Å². The van der Waals surface area contributed by atoms with Crippen molar-refractivity contribution < 1.29 is 4.39 Å². The molecule has 0 saturated carbocycles. The molecule has 1 saturated heterocycles. The van der Waals surface area contributed by atoms with Crippen molar-refractivity contribution in [1.29, 1.82) is 0 Å². The zero-order valence-corrected chi connectivity index (χ0v) is 12.1. The lowest BCUT2D eigenvalue weighted by atomic mass is 10.0. The first-order valence-electron chi connectivity index (χ1n) is 7.07. The van der Waals surface area contributed by atoms with Crippen LogP contribution in [0.3, 0.4) is 0 Å². The Balaban J connectivity index is 2.23. The van der Waals surface area contributed by atoms with Crippen LogP contribution in [-0.4, -0.2) is 37.1 Å². The van der Waals surface area contributed by atoms with Gasteiger partial charge >= 0.3 is 0 Å². The summed E-state index contributed by atoms with van der Waals surface area (Å²) in [5.74, 6) is -0.212. The van der Waals surface area contributed by atoms with Gasteiger partial charge in [0.25, 0.3) is 0 Å². The predicted molar refractivity (Wildman–Crippen MR) is 77.9 cm³/mol. The van der Waals surface area contributed by atoms with Crippen molar-refractivity contribution >= 4 is 5.69 Å². The molecular weight excluding hydrogens is 241 g/mol. The van der Waals surface area contributed by atoms with Crippen LogP contribution in [0.5, 0.6) is 0 Å². The molecular formula is C15H24FN3. The third-order valence-corrected chi connectivity index (χ3v) is 3.99. The summed E-state index contributed by atoms with van der Waals surface area (Å²) in [5, 5.41) is 0. The molecule has 1 aliphatic rings. The monoisotopic (exact) mass is 265 g/mol. The molecule has 4 heteroatoms. The van der Waals surface area contributed by atoms with Crippen LogP contribution in [0, 0.1) is 5.82 Å². The van der Waals surface area contributed by atoms with Gasteiger partial charge in [-0.1, -0.05) is 6.92 Å². The molecule has 19 heavy (non-hydrogen) atoms.